The van der Waals surface area contributed by atoms with Gasteiger partial charge in [-0.2, -0.15) is 0 Å². The Hall–Kier alpha value is -0.420. The number of hydrogen-bond acceptors (Lipinski definition) is 2. The van der Waals surface area contributed by atoms with Gasteiger partial charge < -0.3 is 5.11 Å². The molecule has 2 N–H and O–H groups in total. The SMILES string of the molecule is CCC(NS(C)=O)C(=O)O. The fraction of sp³-hybridized carbons (Fsp3) is 0.800. The third-order valence-corrected chi connectivity index (χ3v) is 1.63. The van der Waals surface area contributed by atoms with Crippen LogP contribution >= 0.6 is 0 Å². The molecule has 60 valence electrons. The van der Waals surface area contributed by atoms with Crippen molar-refractivity contribution >= 4 is 17.0 Å². The van der Waals surface area contributed by atoms with E-state index in [0.29, 0.717) is 6.42 Å². The normalized spacial score (nSPS) is 16.2. The molecule has 0 fully saturated rings. The highest BCUT2D eigenvalue weighted by Gasteiger charge is 2.14. The lowest BCUT2D eigenvalue weighted by Crippen LogP contribution is -2.36. The van der Waals surface area contributed by atoms with Crippen molar-refractivity contribution in [3.8, 4) is 0 Å². The van der Waals surface area contributed by atoms with E-state index in [0.717, 1.165) is 0 Å². The van der Waals surface area contributed by atoms with Crippen LogP contribution in [0.3, 0.4) is 0 Å². The summed E-state index contributed by atoms with van der Waals surface area (Å²) in [6, 6.07) is -0.689. The van der Waals surface area contributed by atoms with Crippen LogP contribution in [0.25, 0.3) is 0 Å². The Bertz CT molecular complexity index is 148. The Labute approximate surface area is 62.2 Å². The topological polar surface area (TPSA) is 66.4 Å². The molecular formula is C5H11NO3S. The van der Waals surface area contributed by atoms with Crippen molar-refractivity contribution in [3.63, 3.8) is 0 Å². The van der Waals surface area contributed by atoms with E-state index < -0.39 is 23.0 Å². The lowest BCUT2D eigenvalue weighted by atomic mass is 10.2. The van der Waals surface area contributed by atoms with Gasteiger partial charge in [-0.05, 0) is 6.42 Å². The number of nitrogens with one attached hydrogen (secondary N) is 1. The summed E-state index contributed by atoms with van der Waals surface area (Å²) < 4.78 is 12.9. The van der Waals surface area contributed by atoms with Crippen molar-refractivity contribution in [2.75, 3.05) is 6.26 Å². The van der Waals surface area contributed by atoms with Crippen LogP contribution < -0.4 is 4.72 Å². The average molecular weight is 165 g/mol. The van der Waals surface area contributed by atoms with Crippen molar-refractivity contribution < 1.29 is 14.1 Å². The number of carbonyl (C=O) groups is 1. The van der Waals surface area contributed by atoms with Gasteiger partial charge in [0.25, 0.3) is 0 Å². The third kappa shape index (κ3) is 3.58. The van der Waals surface area contributed by atoms with Gasteiger partial charge in [0.15, 0.2) is 0 Å². The van der Waals surface area contributed by atoms with Crippen LogP contribution in [0, 0.1) is 0 Å². The molecule has 0 heterocycles. The van der Waals surface area contributed by atoms with E-state index in [1.54, 1.807) is 6.92 Å². The zero-order valence-electron chi connectivity index (χ0n) is 5.96. The molecule has 0 aromatic rings. The van der Waals surface area contributed by atoms with Crippen molar-refractivity contribution in [2.24, 2.45) is 0 Å². The fourth-order valence-electron chi connectivity index (χ4n) is 0.509. The molecule has 2 unspecified atom stereocenters. The average Bonchev–Trinajstić information content (AvgIpc) is 1.81. The minimum atomic E-state index is -1.25. The van der Waals surface area contributed by atoms with E-state index >= 15 is 0 Å². The second kappa shape index (κ2) is 4.40. The van der Waals surface area contributed by atoms with Crippen LogP contribution in [0.4, 0.5) is 0 Å². The zero-order chi connectivity index (χ0) is 8.15. The minimum Gasteiger partial charge on any atom is -0.480 e. The van der Waals surface area contributed by atoms with Crippen LogP contribution in [-0.2, 0) is 15.8 Å². The molecule has 0 aliphatic rings. The van der Waals surface area contributed by atoms with Gasteiger partial charge in [0, 0.05) is 6.26 Å². The van der Waals surface area contributed by atoms with Crippen LogP contribution in [0.2, 0.25) is 0 Å². The summed E-state index contributed by atoms with van der Waals surface area (Å²) in [6.45, 7) is 1.72. The molecule has 0 aromatic heterocycles. The van der Waals surface area contributed by atoms with Gasteiger partial charge in [-0.3, -0.25) is 4.79 Å². The molecular weight excluding hydrogens is 154 g/mol. The number of rotatable bonds is 4. The first-order valence-corrected chi connectivity index (χ1v) is 4.46. The summed E-state index contributed by atoms with van der Waals surface area (Å²) in [6.07, 6.45) is 1.85. The molecule has 2 atom stereocenters. The van der Waals surface area contributed by atoms with Crippen molar-refractivity contribution in [3.05, 3.63) is 0 Å². The van der Waals surface area contributed by atoms with Crippen LogP contribution in [0.5, 0.6) is 0 Å². The molecule has 0 saturated heterocycles. The van der Waals surface area contributed by atoms with Crippen LogP contribution in [0.15, 0.2) is 0 Å². The lowest BCUT2D eigenvalue weighted by Gasteiger charge is -2.07. The maximum atomic E-state index is 10.5. The highest BCUT2D eigenvalue weighted by Crippen LogP contribution is 1.90. The Morgan fingerprint density at radius 3 is 2.40 bits per heavy atom. The van der Waals surface area contributed by atoms with Crippen molar-refractivity contribution in [1.29, 1.82) is 0 Å². The van der Waals surface area contributed by atoms with Gasteiger partial charge >= 0.3 is 5.97 Å². The Kier molecular flexibility index (Phi) is 4.22. The molecule has 0 bridgehead atoms. The molecule has 5 heteroatoms. The first-order valence-electron chi connectivity index (χ1n) is 2.90. The molecule has 0 radical (unpaired) electrons. The third-order valence-electron chi connectivity index (χ3n) is 1.01. The highest BCUT2D eigenvalue weighted by molar-refractivity contribution is 7.82. The quantitative estimate of drug-likeness (QED) is 0.602. The van der Waals surface area contributed by atoms with Gasteiger partial charge in [0.05, 0.1) is 11.0 Å². The molecule has 0 saturated carbocycles. The summed E-state index contributed by atoms with van der Waals surface area (Å²) >= 11 is 0. The van der Waals surface area contributed by atoms with E-state index in [9.17, 15) is 9.00 Å². The van der Waals surface area contributed by atoms with Gasteiger partial charge in [-0.15, -0.1) is 0 Å². The van der Waals surface area contributed by atoms with E-state index in [4.69, 9.17) is 5.11 Å². The maximum Gasteiger partial charge on any atom is 0.321 e. The molecule has 0 aliphatic heterocycles. The molecule has 0 aliphatic carbocycles. The molecule has 0 spiro atoms. The first-order chi connectivity index (χ1) is 4.57. The highest BCUT2D eigenvalue weighted by atomic mass is 32.2. The number of carboxylic acids is 1. The van der Waals surface area contributed by atoms with Crippen molar-refractivity contribution in [1.82, 2.24) is 4.72 Å². The van der Waals surface area contributed by atoms with Gasteiger partial charge in [-0.25, -0.2) is 8.93 Å². The second-order valence-electron chi connectivity index (χ2n) is 1.87. The van der Waals surface area contributed by atoms with E-state index in [-0.39, 0.29) is 0 Å². The lowest BCUT2D eigenvalue weighted by molar-refractivity contribution is -0.138. The van der Waals surface area contributed by atoms with Crippen LogP contribution in [0.1, 0.15) is 13.3 Å². The molecule has 0 aromatic carbocycles. The number of aliphatic carboxylic acids is 1. The number of hydrogen-bond donors (Lipinski definition) is 2. The van der Waals surface area contributed by atoms with Crippen LogP contribution in [-0.4, -0.2) is 27.6 Å². The zero-order valence-corrected chi connectivity index (χ0v) is 6.77. The molecule has 4 nitrogen and oxygen atoms in total. The number of carboxylic acid groups (broad SMARTS) is 1. The Morgan fingerprint density at radius 2 is 2.30 bits per heavy atom. The van der Waals surface area contributed by atoms with Gasteiger partial charge in [0.2, 0.25) is 0 Å². The summed E-state index contributed by atoms with van der Waals surface area (Å²) in [5.74, 6) is -0.960. The molecule has 10 heavy (non-hydrogen) atoms. The fourth-order valence-corrected chi connectivity index (χ4v) is 1.18. The summed E-state index contributed by atoms with van der Waals surface area (Å²) in [5, 5.41) is 8.43. The predicted octanol–water partition coefficient (Wildman–Crippen LogP) is -0.267. The Balaban J connectivity index is 3.83. The van der Waals surface area contributed by atoms with E-state index in [1.807, 2.05) is 0 Å². The van der Waals surface area contributed by atoms with Crippen molar-refractivity contribution in [2.45, 2.75) is 19.4 Å². The van der Waals surface area contributed by atoms with Gasteiger partial charge in [-0.1, -0.05) is 6.92 Å². The summed E-state index contributed by atoms with van der Waals surface area (Å²) in [5.41, 5.74) is 0. The molecule has 0 rings (SSSR count). The second-order valence-corrected chi connectivity index (χ2v) is 3.01. The smallest absolute Gasteiger partial charge is 0.321 e. The largest absolute Gasteiger partial charge is 0.480 e. The Morgan fingerprint density at radius 1 is 1.80 bits per heavy atom. The van der Waals surface area contributed by atoms with Gasteiger partial charge in [0.1, 0.15) is 6.04 Å². The summed E-state index contributed by atoms with van der Waals surface area (Å²) in [7, 11) is -1.25. The minimum absolute atomic E-state index is 0.439. The van der Waals surface area contributed by atoms with E-state index in [1.165, 1.54) is 6.26 Å². The maximum absolute atomic E-state index is 10.5. The monoisotopic (exact) mass is 165 g/mol. The van der Waals surface area contributed by atoms with E-state index in [2.05, 4.69) is 4.72 Å². The first kappa shape index (κ1) is 9.58. The molecule has 0 amide bonds. The summed E-state index contributed by atoms with van der Waals surface area (Å²) in [4.78, 5) is 10.3. The standard InChI is InChI=1S/C5H11NO3S/c1-3-4(5(7)8)6-10(2)9/h4,6H,3H2,1-2H3,(H,7,8). The predicted molar refractivity (Wildman–Crippen MR) is 38.9 cm³/mol.